The Morgan fingerprint density at radius 2 is 0.860 bits per heavy atom. The fourth-order valence-corrected chi connectivity index (χ4v) is 8.36. The fraction of sp³-hybridized carbons (Fsp3) is 0.143. The predicted octanol–water partition coefficient (Wildman–Crippen LogP) is 16.2. The van der Waals surface area contributed by atoms with Gasteiger partial charge in [-0.25, -0.2) is 0 Å². The van der Waals surface area contributed by atoms with Gasteiger partial charge in [0.05, 0.1) is 5.69 Å². The van der Waals surface area contributed by atoms with E-state index in [4.69, 9.17) is 0 Å². The predicted molar refractivity (Wildman–Crippen MR) is 247 cm³/mol. The molecule has 0 bridgehead atoms. The Hall–Kier alpha value is -6.44. The van der Waals surface area contributed by atoms with E-state index in [0.29, 0.717) is 0 Å². The van der Waals surface area contributed by atoms with Crippen molar-refractivity contribution in [2.45, 2.75) is 52.4 Å². The molecule has 57 heavy (non-hydrogen) atoms. The number of anilines is 3. The third-order valence-corrected chi connectivity index (χ3v) is 11.5. The molecule has 0 saturated heterocycles. The van der Waals surface area contributed by atoms with Crippen LogP contribution in [0.15, 0.2) is 188 Å². The van der Waals surface area contributed by atoms with Crippen LogP contribution in [0.3, 0.4) is 0 Å². The molecule has 9 aromatic rings. The molecule has 0 aliphatic heterocycles. The molecule has 0 spiro atoms. The lowest BCUT2D eigenvalue weighted by atomic mass is 9.78. The quantitative estimate of drug-likeness (QED) is 0.164. The monoisotopic (exact) mass is 735 g/mol. The van der Waals surface area contributed by atoms with Crippen molar-refractivity contribution >= 4 is 49.4 Å². The van der Waals surface area contributed by atoms with Crippen LogP contribution >= 0.6 is 0 Å². The maximum absolute atomic E-state index is 2.44. The third kappa shape index (κ3) is 6.89. The van der Waals surface area contributed by atoms with Crippen LogP contribution in [0.2, 0.25) is 0 Å². The van der Waals surface area contributed by atoms with E-state index in [-0.39, 0.29) is 10.8 Å². The highest BCUT2D eigenvalue weighted by atomic mass is 15.1. The van der Waals surface area contributed by atoms with Gasteiger partial charge in [-0.3, -0.25) is 0 Å². The van der Waals surface area contributed by atoms with Crippen LogP contribution in [0, 0.1) is 0 Å². The molecule has 1 heteroatoms. The topological polar surface area (TPSA) is 3.24 Å². The van der Waals surface area contributed by atoms with E-state index in [1.54, 1.807) is 0 Å². The van der Waals surface area contributed by atoms with Crippen molar-refractivity contribution in [1.29, 1.82) is 0 Å². The molecule has 9 rings (SSSR count). The number of fused-ring (bicyclic) bond motifs is 3. The van der Waals surface area contributed by atoms with Crippen LogP contribution in [-0.2, 0) is 10.8 Å². The fourth-order valence-electron chi connectivity index (χ4n) is 8.36. The van der Waals surface area contributed by atoms with Gasteiger partial charge in [0.15, 0.2) is 0 Å². The van der Waals surface area contributed by atoms with E-state index in [1.807, 2.05) is 0 Å². The zero-order valence-electron chi connectivity index (χ0n) is 33.8. The van der Waals surface area contributed by atoms with Crippen LogP contribution in [0.4, 0.5) is 17.1 Å². The van der Waals surface area contributed by atoms with Crippen molar-refractivity contribution in [3.63, 3.8) is 0 Å². The normalized spacial score (nSPS) is 12.0. The van der Waals surface area contributed by atoms with E-state index >= 15 is 0 Å². The number of hydrogen-bond donors (Lipinski definition) is 0. The highest BCUT2D eigenvalue weighted by molar-refractivity contribution is 6.09. The Balaban J connectivity index is 1.26. The first-order chi connectivity index (χ1) is 27.5. The average molecular weight is 736 g/mol. The smallest absolute Gasteiger partial charge is 0.0540 e. The van der Waals surface area contributed by atoms with Gasteiger partial charge in [-0.15, -0.1) is 0 Å². The van der Waals surface area contributed by atoms with Gasteiger partial charge < -0.3 is 4.90 Å². The summed E-state index contributed by atoms with van der Waals surface area (Å²) < 4.78 is 0. The van der Waals surface area contributed by atoms with Crippen LogP contribution in [0.5, 0.6) is 0 Å². The van der Waals surface area contributed by atoms with Gasteiger partial charge >= 0.3 is 0 Å². The first kappa shape index (κ1) is 36.2. The number of rotatable bonds is 6. The third-order valence-electron chi connectivity index (χ3n) is 11.5. The molecular formula is C56H49N. The van der Waals surface area contributed by atoms with Gasteiger partial charge in [0.25, 0.3) is 0 Å². The van der Waals surface area contributed by atoms with Gasteiger partial charge in [0.2, 0.25) is 0 Å². The molecule has 0 atom stereocenters. The van der Waals surface area contributed by atoms with Crippen molar-refractivity contribution in [3.05, 3.63) is 199 Å². The van der Waals surface area contributed by atoms with E-state index in [1.165, 1.54) is 76.8 Å². The molecule has 0 unspecified atom stereocenters. The van der Waals surface area contributed by atoms with Gasteiger partial charge in [0, 0.05) is 16.9 Å². The Morgan fingerprint density at radius 1 is 0.333 bits per heavy atom. The minimum absolute atomic E-state index is 0.0134. The van der Waals surface area contributed by atoms with Crippen molar-refractivity contribution in [1.82, 2.24) is 0 Å². The maximum Gasteiger partial charge on any atom is 0.0540 e. The summed E-state index contributed by atoms with van der Waals surface area (Å²) in [5.74, 6) is 0. The first-order valence-corrected chi connectivity index (χ1v) is 20.2. The standard InChI is InChI=1S/C56H49N/c1-55(2,3)44-34-43(35-45(37-44)56(4,5)6)50-25-14-20-41-21-15-26-52(54(41)50)51-23-11-12-27-53(51)57(47-33-28-38-16-7-8-18-42(38)36-47)46-31-29-40(30-32-46)49-24-13-19-39-17-9-10-22-48(39)49/h7-37H,1-6H3. The SMILES string of the molecule is CC(C)(C)c1cc(-c2cccc3cccc(-c4ccccc4N(c4ccc(-c5cccc6ccccc56)cc4)c4ccc5ccccc5c4)c23)cc(C(C)(C)C)c1. The second-order valence-corrected chi connectivity index (χ2v) is 17.5. The Morgan fingerprint density at radius 3 is 1.56 bits per heavy atom. The summed E-state index contributed by atoms with van der Waals surface area (Å²) in [5.41, 5.74) is 13.5. The minimum Gasteiger partial charge on any atom is -0.310 e. The molecule has 0 radical (unpaired) electrons. The highest BCUT2D eigenvalue weighted by Gasteiger charge is 2.24. The van der Waals surface area contributed by atoms with Crippen molar-refractivity contribution < 1.29 is 0 Å². The van der Waals surface area contributed by atoms with Gasteiger partial charge in [0.1, 0.15) is 0 Å². The summed E-state index contributed by atoms with van der Waals surface area (Å²) >= 11 is 0. The van der Waals surface area contributed by atoms with E-state index in [9.17, 15) is 0 Å². The molecule has 0 N–H and O–H groups in total. The summed E-state index contributed by atoms with van der Waals surface area (Å²) in [7, 11) is 0. The first-order valence-electron chi connectivity index (χ1n) is 20.2. The second kappa shape index (κ2) is 14.3. The number of hydrogen-bond acceptors (Lipinski definition) is 1. The molecule has 0 aliphatic rings. The number of nitrogens with zero attached hydrogens (tertiary/aromatic N) is 1. The zero-order valence-corrected chi connectivity index (χ0v) is 33.8. The van der Waals surface area contributed by atoms with Crippen LogP contribution in [0.1, 0.15) is 52.7 Å². The van der Waals surface area contributed by atoms with E-state index < -0.39 is 0 Å². The Bertz CT molecular complexity index is 2870. The molecule has 0 heterocycles. The summed E-state index contributed by atoms with van der Waals surface area (Å²) in [6, 6.07) is 69.6. The molecule has 278 valence electrons. The van der Waals surface area contributed by atoms with Gasteiger partial charge in [-0.2, -0.15) is 0 Å². The van der Waals surface area contributed by atoms with Gasteiger partial charge in [-0.1, -0.05) is 199 Å². The molecule has 0 aromatic heterocycles. The second-order valence-electron chi connectivity index (χ2n) is 17.5. The summed E-state index contributed by atoms with van der Waals surface area (Å²) in [4.78, 5) is 2.44. The lowest BCUT2D eigenvalue weighted by Crippen LogP contribution is -2.16. The lowest BCUT2D eigenvalue weighted by Gasteiger charge is -2.29. The Kier molecular flexibility index (Phi) is 9.05. The Labute approximate surface area is 337 Å². The molecule has 0 saturated carbocycles. The van der Waals surface area contributed by atoms with Crippen molar-refractivity contribution in [2.75, 3.05) is 4.90 Å². The van der Waals surface area contributed by atoms with E-state index in [0.717, 1.165) is 17.1 Å². The van der Waals surface area contributed by atoms with Crippen LogP contribution in [0.25, 0.3) is 65.7 Å². The molecule has 9 aromatic carbocycles. The highest BCUT2D eigenvalue weighted by Crippen LogP contribution is 2.46. The summed E-state index contributed by atoms with van der Waals surface area (Å²) in [6.45, 7) is 13.9. The average Bonchev–Trinajstić information content (AvgIpc) is 3.23. The van der Waals surface area contributed by atoms with Gasteiger partial charge in [-0.05, 0) is 112 Å². The molecule has 0 aliphatic carbocycles. The molecular weight excluding hydrogens is 687 g/mol. The van der Waals surface area contributed by atoms with Crippen LogP contribution < -0.4 is 4.90 Å². The largest absolute Gasteiger partial charge is 0.310 e. The zero-order chi connectivity index (χ0) is 39.3. The maximum atomic E-state index is 2.44. The minimum atomic E-state index is 0.0134. The van der Waals surface area contributed by atoms with E-state index in [2.05, 4.69) is 234 Å². The molecule has 1 nitrogen and oxygen atoms in total. The number of para-hydroxylation sites is 1. The van der Waals surface area contributed by atoms with Crippen molar-refractivity contribution in [3.8, 4) is 33.4 Å². The van der Waals surface area contributed by atoms with Crippen LogP contribution in [-0.4, -0.2) is 0 Å². The molecule has 0 amide bonds. The van der Waals surface area contributed by atoms with Crippen molar-refractivity contribution in [2.24, 2.45) is 0 Å². The lowest BCUT2D eigenvalue weighted by molar-refractivity contribution is 0.569. The number of benzene rings is 9. The molecule has 0 fully saturated rings. The summed E-state index contributed by atoms with van der Waals surface area (Å²) in [6.07, 6.45) is 0. The summed E-state index contributed by atoms with van der Waals surface area (Å²) in [5, 5.41) is 7.45.